The maximum absolute atomic E-state index is 14.9. The lowest BCUT2D eigenvalue weighted by Gasteiger charge is -2.38. The van der Waals surface area contributed by atoms with Crippen LogP contribution in [0.15, 0.2) is 176 Å². The number of rotatable bonds is 6. The quantitative estimate of drug-likeness (QED) is 0.128. The van der Waals surface area contributed by atoms with Crippen molar-refractivity contribution in [3.63, 3.8) is 0 Å². The zero-order valence-corrected chi connectivity index (χ0v) is 29.2. The molecule has 0 heterocycles. The van der Waals surface area contributed by atoms with Gasteiger partial charge in [-0.3, -0.25) is 0 Å². The molecule has 0 saturated carbocycles. The summed E-state index contributed by atoms with van der Waals surface area (Å²) < 4.78 is 14.9. The Bertz CT molecular complexity index is 2540. The standard InChI is InChI=1S/C48H37OP/c1-3-48(2)43-23-13-12-21-41(43)46-40-20-11-10-19-39(40)45(42-22-14-24-44(48)47(42)46)35-27-25-33(26-28-35)34-29-31-38(32-30-34)50(49,36-15-6-4-7-16-36)37-17-8-5-9-18-37/h4-32H,3H2,1-2H3. The van der Waals surface area contributed by atoms with Crippen molar-refractivity contribution in [3.05, 3.63) is 187 Å². The Labute approximate surface area is 294 Å². The van der Waals surface area contributed by atoms with E-state index in [1.165, 1.54) is 54.9 Å². The van der Waals surface area contributed by atoms with E-state index in [-0.39, 0.29) is 5.41 Å². The van der Waals surface area contributed by atoms with E-state index in [0.717, 1.165) is 33.5 Å². The molecule has 1 unspecified atom stereocenters. The van der Waals surface area contributed by atoms with Crippen LogP contribution in [0, 0.1) is 0 Å². The van der Waals surface area contributed by atoms with Crippen molar-refractivity contribution < 1.29 is 4.57 Å². The second kappa shape index (κ2) is 11.8. The number of hydrogen-bond donors (Lipinski definition) is 0. The van der Waals surface area contributed by atoms with Gasteiger partial charge >= 0.3 is 0 Å². The second-order valence-corrected chi connectivity index (χ2v) is 16.4. The summed E-state index contributed by atoms with van der Waals surface area (Å²) in [7, 11) is -3.02. The van der Waals surface area contributed by atoms with Crippen molar-refractivity contribution in [1.29, 1.82) is 0 Å². The van der Waals surface area contributed by atoms with E-state index in [1.807, 2.05) is 72.8 Å². The van der Waals surface area contributed by atoms with Gasteiger partial charge in [-0.1, -0.05) is 190 Å². The molecule has 1 atom stereocenters. The molecule has 0 fully saturated rings. The Morgan fingerprint density at radius 1 is 0.440 bits per heavy atom. The van der Waals surface area contributed by atoms with Crippen molar-refractivity contribution in [2.24, 2.45) is 0 Å². The molecular formula is C48H37OP. The highest BCUT2D eigenvalue weighted by Gasteiger charge is 2.37. The summed E-state index contributed by atoms with van der Waals surface area (Å²) in [4.78, 5) is 0. The maximum atomic E-state index is 14.9. The molecule has 0 amide bonds. The van der Waals surface area contributed by atoms with Crippen molar-refractivity contribution >= 4 is 44.6 Å². The SMILES string of the molecule is CCC1(C)c2ccccc2-c2c3ccccc3c(-c3ccc(-c4ccc(P(=O)(c5ccccc5)c5ccccc5)cc4)cc3)c3cccc1c23. The molecule has 1 aliphatic rings. The predicted octanol–water partition coefficient (Wildman–Crippen LogP) is 11.7. The third-order valence-corrected chi connectivity index (χ3v) is 14.2. The molecule has 0 aromatic heterocycles. The van der Waals surface area contributed by atoms with E-state index >= 15 is 0 Å². The van der Waals surface area contributed by atoms with E-state index in [0.29, 0.717) is 0 Å². The largest absolute Gasteiger partial charge is 0.309 e. The lowest BCUT2D eigenvalue weighted by Crippen LogP contribution is -2.26. The van der Waals surface area contributed by atoms with Crippen LogP contribution in [0.4, 0.5) is 0 Å². The van der Waals surface area contributed by atoms with Crippen LogP contribution in [0.2, 0.25) is 0 Å². The van der Waals surface area contributed by atoms with Crippen molar-refractivity contribution in [3.8, 4) is 33.4 Å². The molecule has 8 aromatic carbocycles. The first-order valence-corrected chi connectivity index (χ1v) is 19.2. The lowest BCUT2D eigenvalue weighted by atomic mass is 9.65. The average molecular weight is 661 g/mol. The van der Waals surface area contributed by atoms with Crippen molar-refractivity contribution in [2.75, 3.05) is 0 Å². The molecule has 50 heavy (non-hydrogen) atoms. The van der Waals surface area contributed by atoms with Gasteiger partial charge < -0.3 is 4.57 Å². The molecule has 0 aliphatic heterocycles. The van der Waals surface area contributed by atoms with Gasteiger partial charge in [0.15, 0.2) is 7.14 Å². The molecule has 1 aliphatic carbocycles. The normalized spacial score (nSPS) is 15.2. The smallest absolute Gasteiger partial charge is 0.171 e. The fourth-order valence-corrected chi connectivity index (χ4v) is 11.1. The molecule has 0 spiro atoms. The lowest BCUT2D eigenvalue weighted by molar-refractivity contribution is 0.553. The minimum atomic E-state index is -3.02. The molecule has 0 bridgehead atoms. The molecule has 240 valence electrons. The molecule has 0 N–H and O–H groups in total. The predicted molar refractivity (Wildman–Crippen MR) is 214 cm³/mol. The fourth-order valence-electron chi connectivity index (χ4n) is 8.40. The molecule has 2 heteroatoms. The topological polar surface area (TPSA) is 17.1 Å². The Balaban J connectivity index is 1.17. The van der Waals surface area contributed by atoms with Crippen LogP contribution in [0.3, 0.4) is 0 Å². The monoisotopic (exact) mass is 660 g/mol. The van der Waals surface area contributed by atoms with E-state index in [1.54, 1.807) is 0 Å². The van der Waals surface area contributed by atoms with Gasteiger partial charge in [0.25, 0.3) is 0 Å². The first-order valence-electron chi connectivity index (χ1n) is 17.5. The zero-order valence-electron chi connectivity index (χ0n) is 28.3. The first-order chi connectivity index (χ1) is 24.5. The summed E-state index contributed by atoms with van der Waals surface area (Å²) >= 11 is 0. The highest BCUT2D eigenvalue weighted by Crippen LogP contribution is 2.54. The van der Waals surface area contributed by atoms with Crippen LogP contribution in [-0.4, -0.2) is 0 Å². The first kappa shape index (κ1) is 30.6. The van der Waals surface area contributed by atoms with Crippen LogP contribution >= 0.6 is 7.14 Å². The third-order valence-electron chi connectivity index (χ3n) is 11.1. The number of fused-ring (bicyclic) bond motifs is 4. The van der Waals surface area contributed by atoms with E-state index in [4.69, 9.17) is 0 Å². The summed E-state index contributed by atoms with van der Waals surface area (Å²) in [5.74, 6) is 0. The van der Waals surface area contributed by atoms with Crippen molar-refractivity contribution in [2.45, 2.75) is 25.7 Å². The summed E-state index contributed by atoms with van der Waals surface area (Å²) in [6, 6.07) is 61.9. The third kappa shape index (κ3) is 4.51. The Morgan fingerprint density at radius 3 is 1.52 bits per heavy atom. The van der Waals surface area contributed by atoms with Gasteiger partial charge in [0, 0.05) is 21.3 Å². The Kier molecular flexibility index (Phi) is 7.23. The summed E-state index contributed by atoms with van der Waals surface area (Å²) in [5.41, 5.74) is 10.2. The van der Waals surface area contributed by atoms with Crippen LogP contribution in [0.1, 0.15) is 31.4 Å². The Morgan fingerprint density at radius 2 is 0.900 bits per heavy atom. The molecule has 8 aromatic rings. The minimum Gasteiger partial charge on any atom is -0.309 e. The highest BCUT2D eigenvalue weighted by atomic mass is 31.2. The molecule has 9 rings (SSSR count). The van der Waals surface area contributed by atoms with Gasteiger partial charge in [-0.25, -0.2) is 0 Å². The van der Waals surface area contributed by atoms with Crippen LogP contribution in [0.25, 0.3) is 54.9 Å². The van der Waals surface area contributed by atoms with E-state index < -0.39 is 7.14 Å². The molecule has 1 nitrogen and oxygen atoms in total. The maximum Gasteiger partial charge on any atom is 0.171 e. The summed E-state index contributed by atoms with van der Waals surface area (Å²) in [5, 5.41) is 7.79. The molecule has 0 saturated heterocycles. The molecular weight excluding hydrogens is 624 g/mol. The van der Waals surface area contributed by atoms with Gasteiger partial charge in [-0.2, -0.15) is 0 Å². The summed E-state index contributed by atoms with van der Waals surface area (Å²) in [6.45, 7) is 4.73. The number of benzene rings is 8. The van der Waals surface area contributed by atoms with E-state index in [2.05, 4.69) is 117 Å². The summed E-state index contributed by atoms with van der Waals surface area (Å²) in [6.07, 6.45) is 1.03. The van der Waals surface area contributed by atoms with Gasteiger partial charge in [0.2, 0.25) is 0 Å². The van der Waals surface area contributed by atoms with Crippen LogP contribution < -0.4 is 15.9 Å². The second-order valence-electron chi connectivity index (χ2n) is 13.7. The van der Waals surface area contributed by atoms with Gasteiger partial charge in [0.05, 0.1) is 0 Å². The average Bonchev–Trinajstić information content (AvgIpc) is 3.20. The zero-order chi connectivity index (χ0) is 33.9. The minimum absolute atomic E-state index is 0.0656. The van der Waals surface area contributed by atoms with Crippen LogP contribution in [-0.2, 0) is 9.98 Å². The van der Waals surface area contributed by atoms with Gasteiger partial charge in [0.1, 0.15) is 0 Å². The van der Waals surface area contributed by atoms with Gasteiger partial charge in [-0.15, -0.1) is 0 Å². The van der Waals surface area contributed by atoms with Crippen LogP contribution in [0.5, 0.6) is 0 Å². The van der Waals surface area contributed by atoms with Gasteiger partial charge in [-0.05, 0) is 72.5 Å². The number of hydrogen-bond acceptors (Lipinski definition) is 1. The van der Waals surface area contributed by atoms with Crippen molar-refractivity contribution in [1.82, 2.24) is 0 Å². The fraction of sp³-hybridized carbons (Fsp3) is 0.0833. The Hall–Kier alpha value is -5.49. The highest BCUT2D eigenvalue weighted by molar-refractivity contribution is 7.85. The molecule has 0 radical (unpaired) electrons. The van der Waals surface area contributed by atoms with E-state index in [9.17, 15) is 4.57 Å².